The van der Waals surface area contributed by atoms with Crippen molar-refractivity contribution in [2.24, 2.45) is 0 Å². The van der Waals surface area contributed by atoms with Crippen molar-refractivity contribution in [2.45, 2.75) is 30.0 Å². The molecule has 17 heavy (non-hydrogen) atoms. The molecule has 0 amide bonds. The Hall–Kier alpha value is 0.190. The minimum Gasteiger partial charge on any atom is -0.206 e. The molecule has 3 nitrogen and oxygen atoms in total. The maximum atomic E-state index is 12.1. The van der Waals surface area contributed by atoms with Crippen molar-refractivity contribution in [1.29, 1.82) is 0 Å². The fraction of sp³-hybridized carbons (Fsp3) is 0.600. The predicted molar refractivity (Wildman–Crippen MR) is 73.8 cm³/mol. The van der Waals surface area contributed by atoms with Crippen molar-refractivity contribution in [2.75, 3.05) is 11.8 Å². The Kier molecular flexibility index (Phi) is 5.28. The first-order valence-corrected chi connectivity index (χ1v) is 8.48. The van der Waals surface area contributed by atoms with E-state index in [2.05, 4.69) is 4.72 Å². The molecule has 0 spiro atoms. The van der Waals surface area contributed by atoms with Gasteiger partial charge in [-0.2, -0.15) is 0 Å². The molecule has 0 saturated carbocycles. The van der Waals surface area contributed by atoms with E-state index in [1.165, 1.54) is 11.3 Å². The van der Waals surface area contributed by atoms with Crippen LogP contribution in [-0.4, -0.2) is 25.7 Å². The second kappa shape index (κ2) is 5.89. The first-order valence-electron chi connectivity index (χ1n) is 5.11. The molecule has 0 radical (unpaired) electrons. The van der Waals surface area contributed by atoms with Crippen LogP contribution in [0.4, 0.5) is 0 Å². The van der Waals surface area contributed by atoms with E-state index in [4.69, 9.17) is 23.2 Å². The number of nitrogens with one attached hydrogen (secondary N) is 1. The first-order chi connectivity index (χ1) is 7.89. The van der Waals surface area contributed by atoms with Gasteiger partial charge in [0.25, 0.3) is 10.0 Å². The highest BCUT2D eigenvalue weighted by Crippen LogP contribution is 2.24. The third-order valence-electron chi connectivity index (χ3n) is 2.52. The minimum atomic E-state index is -3.53. The molecule has 0 aliphatic rings. The van der Waals surface area contributed by atoms with Gasteiger partial charge in [-0.1, -0.05) is 6.92 Å². The molecule has 0 atom stereocenters. The molecule has 1 N–H and O–H groups in total. The molecule has 0 unspecified atom stereocenters. The van der Waals surface area contributed by atoms with Crippen LogP contribution in [-0.2, 0) is 10.0 Å². The van der Waals surface area contributed by atoms with Gasteiger partial charge in [-0.3, -0.25) is 0 Å². The van der Waals surface area contributed by atoms with Gasteiger partial charge in [0, 0.05) is 16.6 Å². The van der Waals surface area contributed by atoms with E-state index in [-0.39, 0.29) is 11.8 Å². The highest BCUT2D eigenvalue weighted by Gasteiger charge is 2.32. The van der Waals surface area contributed by atoms with Crippen LogP contribution in [0.3, 0.4) is 0 Å². The second-order valence-electron chi connectivity index (χ2n) is 3.87. The van der Waals surface area contributed by atoms with Crippen molar-refractivity contribution in [3.05, 3.63) is 17.0 Å². The van der Waals surface area contributed by atoms with E-state index in [1.54, 1.807) is 12.1 Å². The van der Waals surface area contributed by atoms with Gasteiger partial charge >= 0.3 is 0 Å². The van der Waals surface area contributed by atoms with Crippen LogP contribution >= 0.6 is 34.5 Å². The Bertz CT molecular complexity index is 458. The van der Waals surface area contributed by atoms with E-state index in [1.807, 2.05) is 13.8 Å². The minimum absolute atomic E-state index is 0.149. The van der Waals surface area contributed by atoms with Gasteiger partial charge in [-0.05, 0) is 25.5 Å². The van der Waals surface area contributed by atoms with Gasteiger partial charge in [-0.25, -0.2) is 13.1 Å². The summed E-state index contributed by atoms with van der Waals surface area (Å²) in [5, 5.41) is 0. The number of hydrogen-bond donors (Lipinski definition) is 1. The number of halogens is 2. The molecule has 0 aliphatic carbocycles. The predicted octanol–water partition coefficient (Wildman–Crippen LogP) is 2.96. The highest BCUT2D eigenvalue weighted by molar-refractivity contribution is 7.91. The maximum Gasteiger partial charge on any atom is 0.250 e. The zero-order chi connectivity index (χ0) is 13.1. The van der Waals surface area contributed by atoms with Crippen molar-refractivity contribution in [3.8, 4) is 0 Å². The van der Waals surface area contributed by atoms with Crippen LogP contribution in [0.1, 0.15) is 18.2 Å². The number of hydrogen-bond acceptors (Lipinski definition) is 3. The van der Waals surface area contributed by atoms with E-state index in [0.29, 0.717) is 10.6 Å². The van der Waals surface area contributed by atoms with E-state index in [0.717, 1.165) is 4.88 Å². The summed E-state index contributed by atoms with van der Waals surface area (Å²) in [6.07, 6.45) is 0.545. The topological polar surface area (TPSA) is 46.2 Å². The molecule has 7 heteroatoms. The van der Waals surface area contributed by atoms with Gasteiger partial charge in [0.2, 0.25) is 0 Å². The van der Waals surface area contributed by atoms with Crippen molar-refractivity contribution in [1.82, 2.24) is 4.72 Å². The zero-order valence-electron chi connectivity index (χ0n) is 9.66. The summed E-state index contributed by atoms with van der Waals surface area (Å²) in [6, 6.07) is 3.36. The number of aryl methyl sites for hydroxylation is 1. The Labute approximate surface area is 116 Å². The lowest BCUT2D eigenvalue weighted by atomic mass is 10.0. The van der Waals surface area contributed by atoms with Gasteiger partial charge in [0.1, 0.15) is 4.21 Å². The van der Waals surface area contributed by atoms with Gasteiger partial charge in [0.05, 0.1) is 5.54 Å². The van der Waals surface area contributed by atoms with Gasteiger partial charge < -0.3 is 0 Å². The van der Waals surface area contributed by atoms with Crippen LogP contribution in [0.2, 0.25) is 0 Å². The number of thiophene rings is 1. The maximum absolute atomic E-state index is 12.1. The third kappa shape index (κ3) is 3.58. The Morgan fingerprint density at radius 3 is 2.29 bits per heavy atom. The molecule has 0 bridgehead atoms. The molecule has 98 valence electrons. The molecule has 1 aromatic rings. The summed E-state index contributed by atoms with van der Waals surface area (Å²) in [7, 11) is -3.53. The van der Waals surface area contributed by atoms with Crippen molar-refractivity contribution in [3.63, 3.8) is 0 Å². The smallest absolute Gasteiger partial charge is 0.206 e. The molecule has 1 aromatic heterocycles. The molecule has 0 aromatic carbocycles. The van der Waals surface area contributed by atoms with Crippen molar-refractivity contribution >= 4 is 44.6 Å². The highest BCUT2D eigenvalue weighted by atomic mass is 35.5. The molecular weight excluding hydrogens is 301 g/mol. The van der Waals surface area contributed by atoms with E-state index in [9.17, 15) is 8.42 Å². The Balaban J connectivity index is 3.00. The van der Waals surface area contributed by atoms with Crippen molar-refractivity contribution < 1.29 is 8.42 Å². The SMILES string of the molecule is CCC(CCl)(CCl)NS(=O)(=O)c1ccc(C)s1. The van der Waals surface area contributed by atoms with Gasteiger partial charge in [0.15, 0.2) is 0 Å². The summed E-state index contributed by atoms with van der Waals surface area (Å²) in [6.45, 7) is 3.72. The lowest BCUT2D eigenvalue weighted by molar-refractivity contribution is 0.450. The fourth-order valence-corrected chi connectivity index (χ4v) is 4.95. The number of rotatable bonds is 6. The molecule has 0 saturated heterocycles. The van der Waals surface area contributed by atoms with E-state index < -0.39 is 15.6 Å². The van der Waals surface area contributed by atoms with Crippen LogP contribution in [0.25, 0.3) is 0 Å². The molecule has 1 rings (SSSR count). The average Bonchev–Trinajstić information content (AvgIpc) is 2.74. The monoisotopic (exact) mass is 315 g/mol. The standard InChI is InChI=1S/C10H15Cl2NO2S2/c1-3-10(6-11,7-12)13-17(14,15)9-5-4-8(2)16-9/h4-5,13H,3,6-7H2,1-2H3. The Morgan fingerprint density at radius 1 is 1.35 bits per heavy atom. The van der Waals surface area contributed by atoms with Gasteiger partial charge in [-0.15, -0.1) is 34.5 Å². The average molecular weight is 316 g/mol. The lowest BCUT2D eigenvalue weighted by Gasteiger charge is -2.28. The lowest BCUT2D eigenvalue weighted by Crippen LogP contribution is -2.51. The third-order valence-corrected chi connectivity index (χ3v) is 6.61. The summed E-state index contributed by atoms with van der Waals surface area (Å²) in [5.74, 6) is 0.299. The fourth-order valence-electron chi connectivity index (χ4n) is 1.24. The quantitative estimate of drug-likeness (QED) is 0.820. The summed E-state index contributed by atoms with van der Waals surface area (Å²) < 4.78 is 27.1. The molecule has 0 aliphatic heterocycles. The zero-order valence-corrected chi connectivity index (χ0v) is 12.8. The summed E-state index contributed by atoms with van der Waals surface area (Å²) in [5.41, 5.74) is -0.778. The molecule has 1 heterocycles. The van der Waals surface area contributed by atoms with Crippen LogP contribution in [0, 0.1) is 6.92 Å². The Morgan fingerprint density at radius 2 is 1.94 bits per heavy atom. The van der Waals surface area contributed by atoms with Crippen LogP contribution in [0.15, 0.2) is 16.3 Å². The first kappa shape index (κ1) is 15.2. The molecular formula is C10H15Cl2NO2S2. The van der Waals surface area contributed by atoms with Crippen LogP contribution < -0.4 is 4.72 Å². The normalized spacial score (nSPS) is 12.9. The molecule has 0 fully saturated rings. The van der Waals surface area contributed by atoms with E-state index >= 15 is 0 Å². The summed E-state index contributed by atoms with van der Waals surface area (Å²) in [4.78, 5) is 0.948. The largest absolute Gasteiger partial charge is 0.250 e. The number of alkyl halides is 2. The second-order valence-corrected chi connectivity index (χ2v) is 7.60. The van der Waals surface area contributed by atoms with Crippen LogP contribution in [0.5, 0.6) is 0 Å². The number of sulfonamides is 1. The summed E-state index contributed by atoms with van der Waals surface area (Å²) >= 11 is 12.9.